The molecule has 3 atom stereocenters. The molecule has 0 aliphatic heterocycles. The lowest BCUT2D eigenvalue weighted by Crippen LogP contribution is -2.55. The lowest BCUT2D eigenvalue weighted by molar-refractivity contribution is -0.137. The number of aliphatic hydroxyl groups is 1. The van der Waals surface area contributed by atoms with Crippen molar-refractivity contribution in [2.45, 2.75) is 57.7 Å². The van der Waals surface area contributed by atoms with Crippen molar-refractivity contribution in [1.29, 1.82) is 0 Å². The topological polar surface area (TPSA) is 116 Å². The van der Waals surface area contributed by atoms with Crippen molar-refractivity contribution in [3.05, 3.63) is 83.9 Å². The van der Waals surface area contributed by atoms with E-state index in [1.807, 2.05) is 86.6 Å². The van der Waals surface area contributed by atoms with Crippen LogP contribution in [-0.4, -0.2) is 46.2 Å². The Kier molecular flexibility index (Phi) is 9.59. The van der Waals surface area contributed by atoms with Gasteiger partial charge in [-0.15, -0.1) is 0 Å². The smallest absolute Gasteiger partial charge is 0.303 e. The summed E-state index contributed by atoms with van der Waals surface area (Å²) in [5.41, 5.74) is 1.78. The molecule has 0 aromatic heterocycles. The van der Waals surface area contributed by atoms with E-state index in [-0.39, 0.29) is 31.1 Å². The van der Waals surface area contributed by atoms with Gasteiger partial charge in [0.2, 0.25) is 11.8 Å². The minimum absolute atomic E-state index is 0.00684. The largest absolute Gasteiger partial charge is 0.481 e. The van der Waals surface area contributed by atoms with Gasteiger partial charge in [0.15, 0.2) is 0 Å². The molecule has 0 saturated heterocycles. The van der Waals surface area contributed by atoms with Gasteiger partial charge in [-0.1, -0.05) is 86.6 Å². The molecule has 0 heterocycles. The minimum Gasteiger partial charge on any atom is -0.481 e. The molecule has 0 bridgehead atoms. The summed E-state index contributed by atoms with van der Waals surface area (Å²) in [6, 6.07) is 21.5. The second-order valence-electron chi connectivity index (χ2n) is 9.41. The maximum Gasteiger partial charge on any atom is 0.303 e. The van der Waals surface area contributed by atoms with Crippen molar-refractivity contribution in [1.82, 2.24) is 10.6 Å². The summed E-state index contributed by atoms with van der Waals surface area (Å²) in [6.45, 7) is 3.69. The van der Waals surface area contributed by atoms with Gasteiger partial charge in [0, 0.05) is 6.42 Å². The van der Waals surface area contributed by atoms with Crippen molar-refractivity contribution >= 4 is 28.6 Å². The Balaban J connectivity index is 1.71. The third-order valence-corrected chi connectivity index (χ3v) is 6.24. The van der Waals surface area contributed by atoms with Gasteiger partial charge in [-0.05, 0) is 40.7 Å². The molecule has 4 N–H and O–H groups in total. The normalized spacial score (nSPS) is 13.7. The number of aliphatic hydroxyl groups excluding tert-OH is 1. The van der Waals surface area contributed by atoms with Crippen LogP contribution in [0.4, 0.5) is 0 Å². The maximum atomic E-state index is 13.3. The molecule has 36 heavy (non-hydrogen) atoms. The number of aliphatic carboxylic acids is 1. The first-order chi connectivity index (χ1) is 17.2. The number of rotatable bonds is 12. The van der Waals surface area contributed by atoms with Crippen LogP contribution in [-0.2, 0) is 27.2 Å². The molecule has 2 amide bonds. The molecule has 0 radical (unpaired) electrons. The van der Waals surface area contributed by atoms with Crippen LogP contribution in [0.3, 0.4) is 0 Å². The summed E-state index contributed by atoms with van der Waals surface area (Å²) in [6.07, 6.45) is -0.788. The Labute approximate surface area is 211 Å². The van der Waals surface area contributed by atoms with Crippen LogP contribution < -0.4 is 10.6 Å². The van der Waals surface area contributed by atoms with E-state index in [2.05, 4.69) is 10.6 Å². The number of fused-ring (bicyclic) bond motifs is 1. The molecule has 3 aromatic carbocycles. The van der Waals surface area contributed by atoms with Gasteiger partial charge in [0.05, 0.1) is 18.6 Å². The Hall–Kier alpha value is -3.71. The second-order valence-corrected chi connectivity index (χ2v) is 9.41. The summed E-state index contributed by atoms with van der Waals surface area (Å²) >= 11 is 0. The number of carbonyl (C=O) groups is 3. The SMILES string of the molecule is CC(C)C(NC(=O)Cc1cccc2ccccc12)C(=O)N[C@@H](Cc1ccccc1)[C@@H](O)CCC(=O)O. The summed E-state index contributed by atoms with van der Waals surface area (Å²) in [4.78, 5) is 37.2. The maximum absolute atomic E-state index is 13.3. The van der Waals surface area contributed by atoms with E-state index in [0.717, 1.165) is 21.9 Å². The summed E-state index contributed by atoms with van der Waals surface area (Å²) in [5.74, 6) is -1.90. The van der Waals surface area contributed by atoms with E-state index in [4.69, 9.17) is 5.11 Å². The van der Waals surface area contributed by atoms with Crippen LogP contribution in [0.1, 0.15) is 37.8 Å². The highest BCUT2D eigenvalue weighted by atomic mass is 16.4. The molecule has 1 unspecified atom stereocenters. The van der Waals surface area contributed by atoms with Gasteiger partial charge in [-0.2, -0.15) is 0 Å². The van der Waals surface area contributed by atoms with Gasteiger partial charge in [-0.3, -0.25) is 14.4 Å². The molecule has 7 heteroatoms. The van der Waals surface area contributed by atoms with Gasteiger partial charge in [-0.25, -0.2) is 0 Å². The number of amides is 2. The number of benzene rings is 3. The average Bonchev–Trinajstić information content (AvgIpc) is 2.86. The van der Waals surface area contributed by atoms with Crippen LogP contribution in [0.25, 0.3) is 10.8 Å². The van der Waals surface area contributed by atoms with Crippen LogP contribution >= 0.6 is 0 Å². The summed E-state index contributed by atoms with van der Waals surface area (Å²) < 4.78 is 0. The third kappa shape index (κ3) is 7.65. The van der Waals surface area contributed by atoms with E-state index in [9.17, 15) is 19.5 Å². The molecule has 3 rings (SSSR count). The first-order valence-corrected chi connectivity index (χ1v) is 12.2. The number of nitrogens with one attached hydrogen (secondary N) is 2. The number of hydrogen-bond acceptors (Lipinski definition) is 4. The lowest BCUT2D eigenvalue weighted by Gasteiger charge is -2.28. The molecule has 0 fully saturated rings. The number of carboxylic acids is 1. The Morgan fingerprint density at radius 3 is 2.22 bits per heavy atom. The van der Waals surface area contributed by atoms with Crippen molar-refractivity contribution < 1.29 is 24.6 Å². The molecular formula is C29H34N2O5. The molecule has 0 spiro atoms. The molecule has 190 valence electrons. The number of carboxylic acid groups (broad SMARTS) is 1. The molecule has 0 aliphatic rings. The van der Waals surface area contributed by atoms with E-state index < -0.39 is 30.1 Å². The zero-order valence-electron chi connectivity index (χ0n) is 20.7. The fourth-order valence-electron chi connectivity index (χ4n) is 4.28. The van der Waals surface area contributed by atoms with E-state index in [1.54, 1.807) is 0 Å². The monoisotopic (exact) mass is 490 g/mol. The predicted molar refractivity (Wildman–Crippen MR) is 139 cm³/mol. The number of hydrogen-bond donors (Lipinski definition) is 4. The fourth-order valence-corrected chi connectivity index (χ4v) is 4.28. The van der Waals surface area contributed by atoms with E-state index >= 15 is 0 Å². The van der Waals surface area contributed by atoms with Crippen molar-refractivity contribution in [2.75, 3.05) is 0 Å². The van der Waals surface area contributed by atoms with Crippen molar-refractivity contribution in [3.8, 4) is 0 Å². The summed E-state index contributed by atoms with van der Waals surface area (Å²) in [7, 11) is 0. The third-order valence-electron chi connectivity index (χ3n) is 6.24. The molecular weight excluding hydrogens is 456 g/mol. The van der Waals surface area contributed by atoms with Crippen LogP contribution in [0.5, 0.6) is 0 Å². The van der Waals surface area contributed by atoms with Crippen LogP contribution in [0, 0.1) is 5.92 Å². The molecule has 3 aromatic rings. The first kappa shape index (κ1) is 26.9. The van der Waals surface area contributed by atoms with Gasteiger partial charge in [0.25, 0.3) is 0 Å². The number of carbonyl (C=O) groups excluding carboxylic acids is 2. The Morgan fingerprint density at radius 1 is 0.861 bits per heavy atom. The Bertz CT molecular complexity index is 1170. The Morgan fingerprint density at radius 2 is 1.53 bits per heavy atom. The van der Waals surface area contributed by atoms with Crippen LogP contribution in [0.2, 0.25) is 0 Å². The standard InChI is InChI=1S/C29H34N2O5/c1-19(2)28(31-26(33)18-22-13-8-12-21-11-6-7-14-23(21)22)29(36)30-24(25(32)15-16-27(34)35)17-20-9-4-3-5-10-20/h3-14,19,24-25,28,32H,15-18H2,1-2H3,(H,30,36)(H,31,33)(H,34,35)/t24-,25-,28?/m0/s1. The van der Waals surface area contributed by atoms with Gasteiger partial charge < -0.3 is 20.8 Å². The van der Waals surface area contributed by atoms with Gasteiger partial charge in [0.1, 0.15) is 6.04 Å². The van der Waals surface area contributed by atoms with Crippen molar-refractivity contribution in [2.24, 2.45) is 5.92 Å². The molecule has 0 saturated carbocycles. The lowest BCUT2D eigenvalue weighted by atomic mass is 9.96. The quantitative estimate of drug-likeness (QED) is 0.310. The van der Waals surface area contributed by atoms with E-state index in [1.165, 1.54) is 0 Å². The van der Waals surface area contributed by atoms with E-state index in [0.29, 0.717) is 6.42 Å². The highest BCUT2D eigenvalue weighted by molar-refractivity contribution is 5.92. The summed E-state index contributed by atoms with van der Waals surface area (Å²) in [5, 5.41) is 27.5. The van der Waals surface area contributed by atoms with Gasteiger partial charge >= 0.3 is 5.97 Å². The average molecular weight is 491 g/mol. The van der Waals surface area contributed by atoms with Crippen molar-refractivity contribution in [3.63, 3.8) is 0 Å². The highest BCUT2D eigenvalue weighted by Crippen LogP contribution is 2.19. The zero-order chi connectivity index (χ0) is 26.1. The molecule has 0 aliphatic carbocycles. The minimum atomic E-state index is -1.05. The van der Waals surface area contributed by atoms with Crippen LogP contribution in [0.15, 0.2) is 72.8 Å². The molecule has 7 nitrogen and oxygen atoms in total. The second kappa shape index (κ2) is 12.8. The first-order valence-electron chi connectivity index (χ1n) is 12.2. The zero-order valence-corrected chi connectivity index (χ0v) is 20.7. The fraction of sp³-hybridized carbons (Fsp3) is 0.345. The predicted octanol–water partition coefficient (Wildman–Crippen LogP) is 3.48. The highest BCUT2D eigenvalue weighted by Gasteiger charge is 2.29.